The van der Waals surface area contributed by atoms with E-state index in [0.29, 0.717) is 36.2 Å². The SMILES string of the molecule is COc1cc(CNCc2ccc(C(=O)O)cc2)cc(Cl)c1OCc1ccccc1. The van der Waals surface area contributed by atoms with Gasteiger partial charge < -0.3 is 19.9 Å². The van der Waals surface area contributed by atoms with Crippen molar-refractivity contribution in [2.24, 2.45) is 0 Å². The Hall–Kier alpha value is -3.02. The topological polar surface area (TPSA) is 67.8 Å². The van der Waals surface area contributed by atoms with Crippen LogP contribution in [0.4, 0.5) is 0 Å². The third-order valence-corrected chi connectivity index (χ3v) is 4.66. The maximum Gasteiger partial charge on any atom is 0.335 e. The molecule has 3 rings (SSSR count). The summed E-state index contributed by atoms with van der Waals surface area (Å²) in [4.78, 5) is 10.9. The van der Waals surface area contributed by atoms with E-state index in [-0.39, 0.29) is 5.56 Å². The summed E-state index contributed by atoms with van der Waals surface area (Å²) in [6, 6.07) is 20.4. The van der Waals surface area contributed by atoms with E-state index in [1.165, 1.54) is 0 Å². The van der Waals surface area contributed by atoms with Crippen molar-refractivity contribution >= 4 is 17.6 Å². The van der Waals surface area contributed by atoms with Gasteiger partial charge in [-0.1, -0.05) is 54.1 Å². The lowest BCUT2D eigenvalue weighted by atomic mass is 10.1. The van der Waals surface area contributed by atoms with Gasteiger partial charge in [-0.3, -0.25) is 0 Å². The number of benzene rings is 3. The van der Waals surface area contributed by atoms with E-state index in [2.05, 4.69) is 5.32 Å². The number of halogens is 1. The van der Waals surface area contributed by atoms with Gasteiger partial charge in [-0.05, 0) is 41.0 Å². The van der Waals surface area contributed by atoms with Crippen LogP contribution in [0.3, 0.4) is 0 Å². The van der Waals surface area contributed by atoms with Gasteiger partial charge >= 0.3 is 5.97 Å². The number of carboxylic acid groups (broad SMARTS) is 1. The van der Waals surface area contributed by atoms with E-state index in [4.69, 9.17) is 26.2 Å². The number of nitrogens with one attached hydrogen (secondary N) is 1. The zero-order chi connectivity index (χ0) is 20.6. The second kappa shape index (κ2) is 9.96. The quantitative estimate of drug-likeness (QED) is 0.523. The first kappa shape index (κ1) is 20.7. The van der Waals surface area contributed by atoms with Crippen LogP contribution < -0.4 is 14.8 Å². The van der Waals surface area contributed by atoms with Gasteiger partial charge in [0.2, 0.25) is 0 Å². The van der Waals surface area contributed by atoms with Crippen molar-refractivity contribution in [1.29, 1.82) is 0 Å². The average molecular weight is 412 g/mol. The molecule has 5 nitrogen and oxygen atoms in total. The van der Waals surface area contributed by atoms with Gasteiger partial charge in [0.05, 0.1) is 17.7 Å². The highest BCUT2D eigenvalue weighted by Gasteiger charge is 2.12. The summed E-state index contributed by atoms with van der Waals surface area (Å²) in [5, 5.41) is 12.8. The first-order valence-electron chi connectivity index (χ1n) is 9.13. The van der Waals surface area contributed by atoms with Crippen molar-refractivity contribution in [3.8, 4) is 11.5 Å². The van der Waals surface area contributed by atoms with Crippen LogP contribution in [0.2, 0.25) is 5.02 Å². The predicted molar refractivity (Wildman–Crippen MR) is 113 cm³/mol. The van der Waals surface area contributed by atoms with Crippen LogP contribution in [0.15, 0.2) is 66.7 Å². The molecular weight excluding hydrogens is 390 g/mol. The number of methoxy groups -OCH3 is 1. The van der Waals surface area contributed by atoms with Gasteiger partial charge in [-0.15, -0.1) is 0 Å². The molecule has 0 bridgehead atoms. The Balaban J connectivity index is 1.61. The Morgan fingerprint density at radius 1 is 0.966 bits per heavy atom. The summed E-state index contributed by atoms with van der Waals surface area (Å²) in [6.07, 6.45) is 0. The highest BCUT2D eigenvalue weighted by molar-refractivity contribution is 6.32. The van der Waals surface area contributed by atoms with Crippen LogP contribution in [0.1, 0.15) is 27.0 Å². The lowest BCUT2D eigenvalue weighted by molar-refractivity contribution is 0.0697. The van der Waals surface area contributed by atoms with Crippen molar-refractivity contribution < 1.29 is 19.4 Å². The molecule has 0 saturated carbocycles. The highest BCUT2D eigenvalue weighted by atomic mass is 35.5. The van der Waals surface area contributed by atoms with Gasteiger partial charge in [0.15, 0.2) is 11.5 Å². The predicted octanol–water partition coefficient (Wildman–Crippen LogP) is 4.92. The zero-order valence-corrected chi connectivity index (χ0v) is 16.8. The summed E-state index contributed by atoms with van der Waals surface area (Å²) in [5.41, 5.74) is 3.28. The summed E-state index contributed by atoms with van der Waals surface area (Å²) in [7, 11) is 1.59. The minimum Gasteiger partial charge on any atom is -0.493 e. The monoisotopic (exact) mass is 411 g/mol. The Morgan fingerprint density at radius 2 is 1.66 bits per heavy atom. The van der Waals surface area contributed by atoms with Gasteiger partial charge in [0, 0.05) is 13.1 Å². The number of ether oxygens (including phenoxy) is 2. The van der Waals surface area contributed by atoms with Crippen molar-refractivity contribution in [2.45, 2.75) is 19.7 Å². The van der Waals surface area contributed by atoms with Crippen molar-refractivity contribution in [3.05, 3.63) is 94.0 Å². The van der Waals surface area contributed by atoms with Crippen LogP contribution in [0, 0.1) is 0 Å². The van der Waals surface area contributed by atoms with E-state index in [0.717, 1.165) is 16.7 Å². The Labute approximate surface area is 174 Å². The molecule has 0 aliphatic heterocycles. The van der Waals surface area contributed by atoms with Crippen LogP contribution in [0.5, 0.6) is 11.5 Å². The third-order valence-electron chi connectivity index (χ3n) is 4.37. The molecule has 0 heterocycles. The molecule has 0 unspecified atom stereocenters. The maximum absolute atomic E-state index is 10.9. The summed E-state index contributed by atoms with van der Waals surface area (Å²) >= 11 is 6.43. The smallest absolute Gasteiger partial charge is 0.335 e. The zero-order valence-electron chi connectivity index (χ0n) is 16.0. The molecule has 0 aliphatic carbocycles. The third kappa shape index (κ3) is 5.73. The molecule has 150 valence electrons. The number of carboxylic acids is 1. The molecular formula is C23H22ClNO4. The molecule has 29 heavy (non-hydrogen) atoms. The standard InChI is InChI=1S/C23H22ClNO4/c1-28-21-12-18(14-25-13-16-7-9-19(10-8-16)23(26)27)11-20(24)22(21)29-15-17-5-3-2-4-6-17/h2-12,25H,13-15H2,1H3,(H,26,27). The first-order valence-corrected chi connectivity index (χ1v) is 9.50. The van der Waals surface area contributed by atoms with E-state index in [9.17, 15) is 4.79 Å². The van der Waals surface area contributed by atoms with E-state index in [1.807, 2.05) is 42.5 Å². The molecule has 2 N–H and O–H groups in total. The van der Waals surface area contributed by atoms with Crippen LogP contribution in [0.25, 0.3) is 0 Å². The average Bonchev–Trinajstić information content (AvgIpc) is 2.73. The van der Waals surface area contributed by atoms with Gasteiger partial charge in [-0.2, -0.15) is 0 Å². The largest absolute Gasteiger partial charge is 0.493 e. The molecule has 0 aliphatic rings. The number of rotatable bonds is 9. The second-order valence-electron chi connectivity index (χ2n) is 6.49. The van der Waals surface area contributed by atoms with Crippen molar-refractivity contribution in [3.63, 3.8) is 0 Å². The molecule has 0 amide bonds. The van der Waals surface area contributed by atoms with Crippen LogP contribution >= 0.6 is 11.6 Å². The van der Waals surface area contributed by atoms with E-state index >= 15 is 0 Å². The summed E-state index contributed by atoms with van der Waals surface area (Å²) in [5.74, 6) is 0.169. The number of carbonyl (C=O) groups is 1. The molecule has 3 aromatic rings. The number of hydrogen-bond acceptors (Lipinski definition) is 4. The summed E-state index contributed by atoms with van der Waals surface area (Å²) in [6.45, 7) is 1.59. The lowest BCUT2D eigenvalue weighted by Crippen LogP contribution is -2.13. The summed E-state index contributed by atoms with van der Waals surface area (Å²) < 4.78 is 11.3. The highest BCUT2D eigenvalue weighted by Crippen LogP contribution is 2.37. The van der Waals surface area contributed by atoms with Gasteiger partial charge in [-0.25, -0.2) is 4.79 Å². The van der Waals surface area contributed by atoms with Gasteiger partial charge in [0.1, 0.15) is 6.61 Å². The first-order chi connectivity index (χ1) is 14.1. The fourth-order valence-electron chi connectivity index (χ4n) is 2.86. The lowest BCUT2D eigenvalue weighted by Gasteiger charge is -2.15. The molecule has 0 aromatic heterocycles. The second-order valence-corrected chi connectivity index (χ2v) is 6.90. The van der Waals surface area contributed by atoms with Crippen LogP contribution in [-0.2, 0) is 19.7 Å². The molecule has 0 spiro atoms. The Morgan fingerprint density at radius 3 is 2.31 bits per heavy atom. The Bertz CT molecular complexity index is 959. The molecule has 3 aromatic carbocycles. The van der Waals surface area contributed by atoms with Gasteiger partial charge in [0.25, 0.3) is 0 Å². The Kier molecular flexibility index (Phi) is 7.11. The van der Waals surface area contributed by atoms with E-state index in [1.54, 1.807) is 31.4 Å². The molecule has 0 atom stereocenters. The minimum absolute atomic E-state index is 0.274. The van der Waals surface area contributed by atoms with Crippen molar-refractivity contribution in [1.82, 2.24) is 5.32 Å². The normalized spacial score (nSPS) is 10.6. The number of hydrogen-bond donors (Lipinski definition) is 2. The minimum atomic E-state index is -0.930. The van der Waals surface area contributed by atoms with Crippen LogP contribution in [-0.4, -0.2) is 18.2 Å². The number of aromatic carboxylic acids is 1. The maximum atomic E-state index is 10.9. The molecule has 0 radical (unpaired) electrons. The molecule has 0 saturated heterocycles. The van der Waals surface area contributed by atoms with E-state index < -0.39 is 5.97 Å². The fourth-order valence-corrected chi connectivity index (χ4v) is 3.15. The van der Waals surface area contributed by atoms with Crippen molar-refractivity contribution in [2.75, 3.05) is 7.11 Å². The molecule has 0 fully saturated rings. The molecule has 6 heteroatoms. The fraction of sp³-hybridized carbons (Fsp3) is 0.174.